The summed E-state index contributed by atoms with van der Waals surface area (Å²) >= 11 is 5.99. The van der Waals surface area contributed by atoms with Crippen molar-refractivity contribution >= 4 is 17.5 Å². The minimum absolute atomic E-state index is 0.107. The van der Waals surface area contributed by atoms with E-state index in [9.17, 15) is 4.79 Å². The number of amides is 1. The first-order valence-electron chi connectivity index (χ1n) is 5.20. The maximum atomic E-state index is 11.7. The second-order valence-corrected chi connectivity index (χ2v) is 3.87. The highest BCUT2D eigenvalue weighted by Crippen LogP contribution is 2.38. The first-order chi connectivity index (χ1) is 8.22. The summed E-state index contributed by atoms with van der Waals surface area (Å²) in [5, 5.41) is 11.5. The highest BCUT2D eigenvalue weighted by molar-refractivity contribution is 6.32. The molecule has 1 heterocycles. The Morgan fingerprint density at radius 1 is 1.41 bits per heavy atom. The van der Waals surface area contributed by atoms with Gasteiger partial charge in [-0.1, -0.05) is 11.6 Å². The number of halogens is 1. The van der Waals surface area contributed by atoms with Crippen LogP contribution in [0.2, 0.25) is 5.02 Å². The van der Waals surface area contributed by atoms with Gasteiger partial charge in [0.2, 0.25) is 0 Å². The van der Waals surface area contributed by atoms with Gasteiger partial charge < -0.3 is 19.9 Å². The van der Waals surface area contributed by atoms with E-state index in [1.165, 1.54) is 6.07 Å². The monoisotopic (exact) mass is 257 g/mol. The second-order valence-electron chi connectivity index (χ2n) is 3.46. The Labute approximate surface area is 103 Å². The van der Waals surface area contributed by atoms with Crippen LogP contribution in [0.1, 0.15) is 10.4 Å². The molecule has 1 aliphatic rings. The molecule has 0 saturated heterocycles. The minimum Gasteiger partial charge on any atom is -0.486 e. The van der Waals surface area contributed by atoms with Crippen molar-refractivity contribution in [3.8, 4) is 11.5 Å². The highest BCUT2D eigenvalue weighted by Gasteiger charge is 2.18. The van der Waals surface area contributed by atoms with Gasteiger partial charge in [-0.05, 0) is 12.1 Å². The van der Waals surface area contributed by atoms with Crippen LogP contribution in [0.25, 0.3) is 0 Å². The van der Waals surface area contributed by atoms with E-state index in [1.807, 2.05) is 0 Å². The summed E-state index contributed by atoms with van der Waals surface area (Å²) in [6.07, 6.45) is 0. The van der Waals surface area contributed by atoms with Crippen molar-refractivity contribution in [1.82, 2.24) is 5.32 Å². The molecule has 2 N–H and O–H groups in total. The van der Waals surface area contributed by atoms with Crippen LogP contribution in [0, 0.1) is 0 Å². The van der Waals surface area contributed by atoms with Gasteiger partial charge >= 0.3 is 0 Å². The van der Waals surface area contributed by atoms with Crippen LogP contribution in [-0.2, 0) is 0 Å². The van der Waals surface area contributed by atoms with Gasteiger partial charge in [-0.2, -0.15) is 0 Å². The lowest BCUT2D eigenvalue weighted by atomic mass is 10.2. The van der Waals surface area contributed by atoms with E-state index in [4.69, 9.17) is 26.2 Å². The van der Waals surface area contributed by atoms with Crippen molar-refractivity contribution in [3.05, 3.63) is 22.7 Å². The highest BCUT2D eigenvalue weighted by atomic mass is 35.5. The molecular formula is C11H12ClNO4. The van der Waals surface area contributed by atoms with Gasteiger partial charge in [-0.3, -0.25) is 4.79 Å². The lowest BCUT2D eigenvalue weighted by Crippen LogP contribution is -2.26. The first kappa shape index (κ1) is 12.0. The van der Waals surface area contributed by atoms with Crippen LogP contribution in [0.5, 0.6) is 11.5 Å². The number of benzene rings is 1. The van der Waals surface area contributed by atoms with Crippen molar-refractivity contribution in [2.45, 2.75) is 0 Å². The van der Waals surface area contributed by atoms with Crippen LogP contribution in [0.4, 0.5) is 0 Å². The smallest absolute Gasteiger partial charge is 0.251 e. The zero-order valence-corrected chi connectivity index (χ0v) is 9.79. The molecule has 1 aromatic rings. The Morgan fingerprint density at radius 3 is 2.94 bits per heavy atom. The lowest BCUT2D eigenvalue weighted by Gasteiger charge is -2.20. The summed E-state index contributed by atoms with van der Waals surface area (Å²) in [5.41, 5.74) is 0.382. The van der Waals surface area contributed by atoms with Gasteiger partial charge in [0.1, 0.15) is 13.2 Å². The molecule has 5 nitrogen and oxygen atoms in total. The molecule has 0 spiro atoms. The SMILES string of the molecule is O=C(NCCO)c1cc(Cl)c2c(c1)OCCO2. The van der Waals surface area contributed by atoms with Gasteiger partial charge in [0.25, 0.3) is 5.91 Å². The van der Waals surface area contributed by atoms with Crippen LogP contribution < -0.4 is 14.8 Å². The summed E-state index contributed by atoms with van der Waals surface area (Å²) in [4.78, 5) is 11.7. The zero-order valence-electron chi connectivity index (χ0n) is 9.03. The van der Waals surface area contributed by atoms with E-state index >= 15 is 0 Å². The van der Waals surface area contributed by atoms with Crippen LogP contribution in [0.3, 0.4) is 0 Å². The number of hydrogen-bond donors (Lipinski definition) is 2. The Kier molecular flexibility index (Phi) is 3.71. The predicted molar refractivity (Wildman–Crippen MR) is 61.9 cm³/mol. The molecule has 0 unspecified atom stereocenters. The zero-order chi connectivity index (χ0) is 12.3. The number of nitrogens with one attached hydrogen (secondary N) is 1. The third-order valence-electron chi connectivity index (χ3n) is 2.26. The average Bonchev–Trinajstić information content (AvgIpc) is 2.36. The lowest BCUT2D eigenvalue weighted by molar-refractivity contribution is 0.0943. The topological polar surface area (TPSA) is 67.8 Å². The number of carbonyl (C=O) groups excluding carboxylic acids is 1. The Morgan fingerprint density at radius 2 is 2.18 bits per heavy atom. The Bertz CT molecular complexity index is 436. The van der Waals surface area contributed by atoms with Gasteiger partial charge in [-0.15, -0.1) is 0 Å². The van der Waals surface area contributed by atoms with Gasteiger partial charge in [-0.25, -0.2) is 0 Å². The van der Waals surface area contributed by atoms with E-state index < -0.39 is 0 Å². The molecule has 1 aliphatic heterocycles. The summed E-state index contributed by atoms with van der Waals surface area (Å²) in [5.74, 6) is 0.632. The summed E-state index contributed by atoms with van der Waals surface area (Å²) < 4.78 is 10.7. The molecule has 0 aliphatic carbocycles. The number of aliphatic hydroxyl groups is 1. The first-order valence-corrected chi connectivity index (χ1v) is 5.58. The van der Waals surface area contributed by atoms with Crippen molar-refractivity contribution in [2.24, 2.45) is 0 Å². The molecule has 2 rings (SSSR count). The largest absolute Gasteiger partial charge is 0.486 e. The molecule has 92 valence electrons. The molecule has 0 bridgehead atoms. The number of ether oxygens (including phenoxy) is 2. The summed E-state index contributed by atoms with van der Waals surface area (Å²) in [6.45, 7) is 0.975. The molecule has 6 heteroatoms. The number of hydrogen-bond acceptors (Lipinski definition) is 4. The fourth-order valence-corrected chi connectivity index (χ4v) is 1.78. The van der Waals surface area contributed by atoms with Crippen molar-refractivity contribution in [1.29, 1.82) is 0 Å². The third kappa shape index (κ3) is 2.62. The number of carbonyl (C=O) groups is 1. The van der Waals surface area contributed by atoms with Crippen molar-refractivity contribution < 1.29 is 19.4 Å². The maximum absolute atomic E-state index is 11.7. The molecule has 0 atom stereocenters. The summed E-state index contributed by atoms with van der Waals surface area (Å²) in [6, 6.07) is 3.09. The predicted octanol–water partition coefficient (Wildman–Crippen LogP) is 0.833. The molecule has 0 radical (unpaired) electrons. The van der Waals surface area contributed by atoms with Crippen LogP contribution >= 0.6 is 11.6 Å². The minimum atomic E-state index is -0.307. The van der Waals surface area contributed by atoms with E-state index in [-0.39, 0.29) is 19.1 Å². The number of fused-ring (bicyclic) bond motifs is 1. The maximum Gasteiger partial charge on any atom is 0.251 e. The summed E-state index contributed by atoms with van der Waals surface area (Å²) in [7, 11) is 0. The molecule has 1 amide bonds. The van der Waals surface area contributed by atoms with Gasteiger partial charge in [0, 0.05) is 12.1 Å². The Balaban J connectivity index is 2.24. The van der Waals surface area contributed by atoms with E-state index in [2.05, 4.69) is 5.32 Å². The second kappa shape index (κ2) is 5.25. The molecule has 17 heavy (non-hydrogen) atoms. The van der Waals surface area contributed by atoms with Crippen LogP contribution in [-0.4, -0.2) is 37.4 Å². The number of aliphatic hydroxyl groups excluding tert-OH is 1. The fourth-order valence-electron chi connectivity index (χ4n) is 1.51. The quantitative estimate of drug-likeness (QED) is 0.842. The molecule has 1 aromatic carbocycles. The standard InChI is InChI=1S/C11H12ClNO4/c12-8-5-7(11(15)13-1-2-14)6-9-10(8)17-4-3-16-9/h5-6,14H,1-4H2,(H,13,15). The van der Waals surface area contributed by atoms with E-state index in [0.29, 0.717) is 35.3 Å². The molecule has 0 saturated carbocycles. The Hall–Kier alpha value is -1.46. The molecular weight excluding hydrogens is 246 g/mol. The molecule has 0 fully saturated rings. The van der Waals surface area contributed by atoms with Crippen LogP contribution in [0.15, 0.2) is 12.1 Å². The van der Waals surface area contributed by atoms with Crippen molar-refractivity contribution in [3.63, 3.8) is 0 Å². The molecule has 0 aromatic heterocycles. The normalized spacial score (nSPS) is 13.3. The number of rotatable bonds is 3. The van der Waals surface area contributed by atoms with Crippen molar-refractivity contribution in [2.75, 3.05) is 26.4 Å². The third-order valence-corrected chi connectivity index (χ3v) is 2.54. The van der Waals surface area contributed by atoms with E-state index in [1.54, 1.807) is 6.07 Å². The van der Waals surface area contributed by atoms with Gasteiger partial charge in [0.15, 0.2) is 11.5 Å². The van der Waals surface area contributed by atoms with E-state index in [0.717, 1.165) is 0 Å². The van der Waals surface area contributed by atoms with Gasteiger partial charge in [0.05, 0.1) is 11.6 Å². The average molecular weight is 258 g/mol. The fraction of sp³-hybridized carbons (Fsp3) is 0.364.